The number of nitrogens with two attached hydrogens (primary N) is 1. The van der Waals surface area contributed by atoms with Gasteiger partial charge in [0.05, 0.1) is 5.69 Å². The highest BCUT2D eigenvalue weighted by molar-refractivity contribution is 7.17. The first-order valence-corrected chi connectivity index (χ1v) is 7.74. The molecule has 7 heteroatoms. The number of aromatic nitrogens is 1. The van der Waals surface area contributed by atoms with Crippen molar-refractivity contribution in [2.75, 3.05) is 5.32 Å². The first kappa shape index (κ1) is 15.9. The number of thiazole rings is 1. The molecule has 116 valence electrons. The minimum absolute atomic E-state index is 0.0471. The SMILES string of the molecule is Cc1nc(NC(=O)C2CC(N)C2)sc1C(=O)OC(C)(C)C. The smallest absolute Gasteiger partial charge is 0.350 e. The third-order valence-corrected chi connectivity index (χ3v) is 4.21. The van der Waals surface area contributed by atoms with Gasteiger partial charge < -0.3 is 15.8 Å². The molecule has 1 aliphatic carbocycles. The van der Waals surface area contributed by atoms with Crippen LogP contribution in [-0.4, -0.2) is 28.5 Å². The molecule has 21 heavy (non-hydrogen) atoms. The molecular formula is C14H21N3O3S. The largest absolute Gasteiger partial charge is 0.456 e. The fourth-order valence-corrected chi connectivity index (χ4v) is 2.89. The molecule has 1 aromatic heterocycles. The molecule has 1 heterocycles. The highest BCUT2D eigenvalue weighted by atomic mass is 32.1. The Morgan fingerprint density at radius 2 is 2.00 bits per heavy atom. The van der Waals surface area contributed by atoms with E-state index < -0.39 is 11.6 Å². The second-order valence-electron chi connectivity index (χ2n) is 6.35. The fraction of sp³-hybridized carbons (Fsp3) is 0.643. The van der Waals surface area contributed by atoms with Crippen molar-refractivity contribution < 1.29 is 14.3 Å². The van der Waals surface area contributed by atoms with E-state index in [2.05, 4.69) is 10.3 Å². The lowest BCUT2D eigenvalue weighted by atomic mass is 9.80. The summed E-state index contributed by atoms with van der Waals surface area (Å²) in [6.45, 7) is 7.15. The number of nitrogens with zero attached hydrogens (tertiary/aromatic N) is 1. The van der Waals surface area contributed by atoms with Gasteiger partial charge in [-0.25, -0.2) is 9.78 Å². The topological polar surface area (TPSA) is 94.3 Å². The van der Waals surface area contributed by atoms with Crippen molar-refractivity contribution in [3.8, 4) is 0 Å². The molecule has 2 rings (SSSR count). The van der Waals surface area contributed by atoms with E-state index in [9.17, 15) is 9.59 Å². The number of hydrogen-bond donors (Lipinski definition) is 2. The first-order chi connectivity index (χ1) is 9.65. The minimum atomic E-state index is -0.557. The third-order valence-electron chi connectivity index (χ3n) is 3.16. The van der Waals surface area contributed by atoms with Gasteiger partial charge >= 0.3 is 5.97 Å². The molecule has 1 aliphatic rings. The van der Waals surface area contributed by atoms with E-state index in [1.54, 1.807) is 6.92 Å². The molecule has 0 saturated heterocycles. The number of aryl methyl sites for hydroxylation is 1. The van der Waals surface area contributed by atoms with Gasteiger partial charge in [0.2, 0.25) is 5.91 Å². The van der Waals surface area contributed by atoms with Gasteiger partial charge in [-0.3, -0.25) is 4.79 Å². The van der Waals surface area contributed by atoms with Crippen LogP contribution < -0.4 is 11.1 Å². The first-order valence-electron chi connectivity index (χ1n) is 6.93. The molecule has 1 fully saturated rings. The van der Waals surface area contributed by atoms with E-state index in [0.717, 1.165) is 11.3 Å². The number of nitrogens with one attached hydrogen (secondary N) is 1. The maximum Gasteiger partial charge on any atom is 0.350 e. The van der Waals surface area contributed by atoms with Crippen LogP contribution in [-0.2, 0) is 9.53 Å². The molecule has 0 radical (unpaired) electrons. The predicted octanol–water partition coefficient (Wildman–Crippen LogP) is 2.08. The van der Waals surface area contributed by atoms with Crippen molar-refractivity contribution in [2.45, 2.75) is 52.2 Å². The summed E-state index contributed by atoms with van der Waals surface area (Å²) in [7, 11) is 0. The number of carbonyl (C=O) groups is 2. The molecule has 0 unspecified atom stereocenters. The lowest BCUT2D eigenvalue weighted by molar-refractivity contribution is -0.122. The number of ether oxygens (including phenoxy) is 1. The Hall–Kier alpha value is -1.47. The fourth-order valence-electron chi connectivity index (χ4n) is 2.05. The lowest BCUT2D eigenvalue weighted by Gasteiger charge is -2.30. The highest BCUT2D eigenvalue weighted by Crippen LogP contribution is 2.29. The van der Waals surface area contributed by atoms with Crippen LogP contribution in [0.2, 0.25) is 0 Å². The number of hydrogen-bond acceptors (Lipinski definition) is 6. The number of esters is 1. The quantitative estimate of drug-likeness (QED) is 0.833. The maximum absolute atomic E-state index is 12.0. The Morgan fingerprint density at radius 3 is 2.52 bits per heavy atom. The molecule has 6 nitrogen and oxygen atoms in total. The monoisotopic (exact) mass is 311 g/mol. The standard InChI is InChI=1S/C14H21N3O3S/c1-7-10(12(19)20-14(2,3)4)21-13(16-7)17-11(18)8-5-9(15)6-8/h8-9H,5-6,15H2,1-4H3,(H,16,17,18). The van der Waals surface area contributed by atoms with Crippen molar-refractivity contribution in [2.24, 2.45) is 11.7 Å². The van der Waals surface area contributed by atoms with Gasteiger partial charge in [-0.05, 0) is 40.5 Å². The Bertz CT molecular complexity index is 556. The Labute approximate surface area is 128 Å². The van der Waals surface area contributed by atoms with Gasteiger partial charge in [-0.15, -0.1) is 0 Å². The average molecular weight is 311 g/mol. The van der Waals surface area contributed by atoms with Crippen molar-refractivity contribution in [1.82, 2.24) is 4.98 Å². The van der Waals surface area contributed by atoms with Crippen LogP contribution >= 0.6 is 11.3 Å². The summed E-state index contributed by atoms with van der Waals surface area (Å²) in [4.78, 5) is 28.6. The molecule has 3 N–H and O–H groups in total. The molecule has 0 atom stereocenters. The Morgan fingerprint density at radius 1 is 1.38 bits per heavy atom. The van der Waals surface area contributed by atoms with Gasteiger partial charge in [0.15, 0.2) is 5.13 Å². The summed E-state index contributed by atoms with van der Waals surface area (Å²) in [5.74, 6) is -0.543. The second-order valence-corrected chi connectivity index (χ2v) is 7.35. The van der Waals surface area contributed by atoms with Crippen molar-refractivity contribution in [3.63, 3.8) is 0 Å². The van der Waals surface area contributed by atoms with E-state index in [4.69, 9.17) is 10.5 Å². The van der Waals surface area contributed by atoms with Gasteiger partial charge in [-0.1, -0.05) is 11.3 Å². The van der Waals surface area contributed by atoms with Crippen LogP contribution in [0.15, 0.2) is 0 Å². The van der Waals surface area contributed by atoms with E-state index >= 15 is 0 Å². The van der Waals surface area contributed by atoms with Crippen LogP contribution in [0.1, 0.15) is 49.0 Å². The van der Waals surface area contributed by atoms with Gasteiger partial charge in [0.25, 0.3) is 0 Å². The van der Waals surface area contributed by atoms with Gasteiger partial charge in [0, 0.05) is 12.0 Å². The van der Waals surface area contributed by atoms with Crippen molar-refractivity contribution in [3.05, 3.63) is 10.6 Å². The summed E-state index contributed by atoms with van der Waals surface area (Å²) in [6, 6.07) is 0.121. The summed E-state index contributed by atoms with van der Waals surface area (Å²) < 4.78 is 5.32. The Balaban J connectivity index is 2.02. The Kier molecular flexibility index (Phi) is 4.34. The normalized spacial score (nSPS) is 21.6. The van der Waals surface area contributed by atoms with Crippen LogP contribution in [0.4, 0.5) is 5.13 Å². The average Bonchev–Trinajstić information content (AvgIpc) is 2.63. The summed E-state index contributed by atoms with van der Waals surface area (Å²) in [6.07, 6.45) is 1.41. The summed E-state index contributed by atoms with van der Waals surface area (Å²) in [5, 5.41) is 3.18. The van der Waals surface area contributed by atoms with Crippen molar-refractivity contribution >= 4 is 28.3 Å². The molecule has 0 aliphatic heterocycles. The zero-order valence-electron chi connectivity index (χ0n) is 12.7. The number of rotatable bonds is 3. The van der Waals surface area contributed by atoms with E-state index in [-0.39, 0.29) is 17.9 Å². The lowest BCUT2D eigenvalue weighted by Crippen LogP contribution is -2.42. The maximum atomic E-state index is 12.0. The third kappa shape index (κ3) is 4.01. The van der Waals surface area contributed by atoms with Crippen LogP contribution in [0.5, 0.6) is 0 Å². The molecule has 1 aromatic rings. The van der Waals surface area contributed by atoms with E-state index in [1.807, 2.05) is 20.8 Å². The number of amides is 1. The summed E-state index contributed by atoms with van der Waals surface area (Å²) in [5.41, 5.74) is 5.68. The van der Waals surface area contributed by atoms with Crippen LogP contribution in [0, 0.1) is 12.8 Å². The predicted molar refractivity (Wildman–Crippen MR) is 81.3 cm³/mol. The second kappa shape index (κ2) is 5.73. The zero-order chi connectivity index (χ0) is 15.8. The molecule has 0 aromatic carbocycles. The molecule has 1 amide bonds. The zero-order valence-corrected chi connectivity index (χ0v) is 13.5. The van der Waals surface area contributed by atoms with Gasteiger partial charge in [-0.2, -0.15) is 0 Å². The van der Waals surface area contributed by atoms with Gasteiger partial charge in [0.1, 0.15) is 10.5 Å². The molecular weight excluding hydrogens is 290 g/mol. The molecule has 0 spiro atoms. The van der Waals surface area contributed by atoms with Crippen LogP contribution in [0.3, 0.4) is 0 Å². The van der Waals surface area contributed by atoms with E-state index in [0.29, 0.717) is 28.5 Å². The number of carbonyl (C=O) groups excluding carboxylic acids is 2. The number of anilines is 1. The molecule has 0 bridgehead atoms. The van der Waals surface area contributed by atoms with Crippen LogP contribution in [0.25, 0.3) is 0 Å². The summed E-state index contributed by atoms with van der Waals surface area (Å²) >= 11 is 1.14. The highest BCUT2D eigenvalue weighted by Gasteiger charge is 2.32. The van der Waals surface area contributed by atoms with Crippen molar-refractivity contribution in [1.29, 1.82) is 0 Å². The van der Waals surface area contributed by atoms with E-state index in [1.165, 1.54) is 0 Å². The molecule has 1 saturated carbocycles. The minimum Gasteiger partial charge on any atom is -0.456 e.